The zero-order chi connectivity index (χ0) is 11.6. The normalized spacial score (nSPS) is 11.9. The van der Waals surface area contributed by atoms with Gasteiger partial charge in [-0.1, -0.05) is 0 Å². The minimum Gasteiger partial charge on any atom is -0.340 e. The van der Waals surface area contributed by atoms with Crippen molar-refractivity contribution in [2.75, 3.05) is 0 Å². The molecule has 4 nitrogen and oxygen atoms in total. The molecule has 0 aliphatic carbocycles. The molecule has 0 fully saturated rings. The van der Waals surface area contributed by atoms with Crippen molar-refractivity contribution in [1.82, 2.24) is 20.3 Å². The van der Waals surface area contributed by atoms with Crippen LogP contribution in [0.2, 0.25) is 0 Å². The first-order chi connectivity index (χ1) is 7.54. The Kier molecular flexibility index (Phi) is 3.07. The van der Waals surface area contributed by atoms with Gasteiger partial charge in [-0.25, -0.2) is 4.98 Å². The van der Waals surface area contributed by atoms with E-state index in [2.05, 4.69) is 41.0 Å². The largest absolute Gasteiger partial charge is 0.340 e. The van der Waals surface area contributed by atoms with Crippen LogP contribution in [-0.2, 0) is 6.54 Å². The molecule has 0 aliphatic rings. The molecule has 0 bridgehead atoms. The Bertz CT molecular complexity index is 439. The van der Waals surface area contributed by atoms with Crippen molar-refractivity contribution in [3.05, 3.63) is 23.6 Å². The summed E-state index contributed by atoms with van der Waals surface area (Å²) in [6.07, 6.45) is 3.69. The third kappa shape index (κ3) is 2.90. The van der Waals surface area contributed by atoms with Gasteiger partial charge in [0, 0.05) is 30.2 Å². The first-order valence-electron chi connectivity index (χ1n) is 5.22. The van der Waals surface area contributed by atoms with Crippen LogP contribution in [0.15, 0.2) is 17.9 Å². The first kappa shape index (κ1) is 11.3. The van der Waals surface area contributed by atoms with Crippen LogP contribution >= 0.6 is 11.3 Å². The highest BCUT2D eigenvalue weighted by atomic mass is 32.1. The molecule has 2 rings (SSSR count). The van der Waals surface area contributed by atoms with E-state index in [4.69, 9.17) is 0 Å². The van der Waals surface area contributed by atoms with Gasteiger partial charge in [-0.2, -0.15) is 0 Å². The molecule has 0 spiro atoms. The topological polar surface area (TPSA) is 53.6 Å². The number of nitrogens with zero attached hydrogens (tertiary/aromatic N) is 2. The fourth-order valence-corrected chi connectivity index (χ4v) is 1.84. The second kappa shape index (κ2) is 4.35. The van der Waals surface area contributed by atoms with Crippen LogP contribution in [0, 0.1) is 0 Å². The van der Waals surface area contributed by atoms with Gasteiger partial charge in [0.2, 0.25) is 0 Å². The standard InChI is InChI=1S/C11H16N4S/c1-11(2,3)14-5-8-4-13-10(15-8)9-6-12-7-16-9/h4,6-7,14H,5H2,1-3H3,(H,13,15). The van der Waals surface area contributed by atoms with Crippen LogP contribution in [-0.4, -0.2) is 20.5 Å². The van der Waals surface area contributed by atoms with E-state index in [1.54, 1.807) is 11.3 Å². The predicted octanol–water partition coefficient (Wildman–Crippen LogP) is 2.42. The molecule has 2 heterocycles. The molecule has 2 aromatic rings. The molecule has 86 valence electrons. The van der Waals surface area contributed by atoms with Gasteiger partial charge >= 0.3 is 0 Å². The first-order valence-corrected chi connectivity index (χ1v) is 6.10. The summed E-state index contributed by atoms with van der Waals surface area (Å²) in [5.74, 6) is 0.896. The number of H-pyrrole nitrogens is 1. The lowest BCUT2D eigenvalue weighted by atomic mass is 10.1. The van der Waals surface area contributed by atoms with E-state index < -0.39 is 0 Å². The van der Waals surface area contributed by atoms with Crippen molar-refractivity contribution >= 4 is 11.3 Å². The minimum absolute atomic E-state index is 0.121. The van der Waals surface area contributed by atoms with Crippen molar-refractivity contribution in [3.63, 3.8) is 0 Å². The van der Waals surface area contributed by atoms with Gasteiger partial charge in [0.1, 0.15) is 5.82 Å². The lowest BCUT2D eigenvalue weighted by molar-refractivity contribution is 0.422. The van der Waals surface area contributed by atoms with Gasteiger partial charge in [0.25, 0.3) is 0 Å². The monoisotopic (exact) mass is 236 g/mol. The summed E-state index contributed by atoms with van der Waals surface area (Å²) in [6.45, 7) is 7.24. The molecule has 0 unspecified atom stereocenters. The quantitative estimate of drug-likeness (QED) is 0.860. The molecular weight excluding hydrogens is 220 g/mol. The van der Waals surface area contributed by atoms with Gasteiger partial charge in [0.15, 0.2) is 0 Å². The molecule has 2 N–H and O–H groups in total. The molecule has 0 saturated carbocycles. The van der Waals surface area contributed by atoms with Gasteiger partial charge in [0.05, 0.1) is 10.4 Å². The maximum atomic E-state index is 4.33. The predicted molar refractivity (Wildman–Crippen MR) is 66.3 cm³/mol. The Balaban J connectivity index is 2.03. The Hall–Kier alpha value is -1.20. The molecule has 0 amide bonds. The Morgan fingerprint density at radius 3 is 2.81 bits per heavy atom. The third-order valence-electron chi connectivity index (χ3n) is 2.10. The van der Waals surface area contributed by atoms with Crippen LogP contribution < -0.4 is 5.32 Å². The number of hydrogen-bond acceptors (Lipinski definition) is 4. The Labute approximate surface area is 99.2 Å². The van der Waals surface area contributed by atoms with Gasteiger partial charge < -0.3 is 10.3 Å². The fraction of sp³-hybridized carbons (Fsp3) is 0.455. The van der Waals surface area contributed by atoms with Crippen LogP contribution in [0.5, 0.6) is 0 Å². The summed E-state index contributed by atoms with van der Waals surface area (Å²) in [7, 11) is 0. The summed E-state index contributed by atoms with van der Waals surface area (Å²) in [6, 6.07) is 0. The highest BCUT2D eigenvalue weighted by Crippen LogP contribution is 2.19. The van der Waals surface area contributed by atoms with Gasteiger partial charge in [-0.15, -0.1) is 11.3 Å². The van der Waals surface area contributed by atoms with Gasteiger partial charge in [-0.05, 0) is 20.8 Å². The van der Waals surface area contributed by atoms with Crippen molar-refractivity contribution in [2.24, 2.45) is 0 Å². The lowest BCUT2D eigenvalue weighted by Gasteiger charge is -2.19. The third-order valence-corrected chi connectivity index (χ3v) is 2.88. The van der Waals surface area contributed by atoms with Crippen LogP contribution in [0.3, 0.4) is 0 Å². The van der Waals surface area contributed by atoms with E-state index in [-0.39, 0.29) is 5.54 Å². The molecule has 0 aromatic carbocycles. The number of aromatic nitrogens is 3. The van der Waals surface area contributed by atoms with E-state index in [9.17, 15) is 0 Å². The van der Waals surface area contributed by atoms with Crippen molar-refractivity contribution in [1.29, 1.82) is 0 Å². The van der Waals surface area contributed by atoms with E-state index in [1.807, 2.05) is 17.9 Å². The summed E-state index contributed by atoms with van der Waals surface area (Å²) in [4.78, 5) is 12.7. The Morgan fingerprint density at radius 2 is 2.19 bits per heavy atom. The second-order valence-corrected chi connectivity index (χ2v) is 5.61. The molecular formula is C11H16N4S. The summed E-state index contributed by atoms with van der Waals surface area (Å²) in [5, 5.41) is 3.41. The summed E-state index contributed by atoms with van der Waals surface area (Å²) < 4.78 is 0. The molecule has 0 atom stereocenters. The molecule has 0 saturated heterocycles. The number of thiazole rings is 1. The van der Waals surface area contributed by atoms with Crippen molar-refractivity contribution in [3.8, 4) is 10.7 Å². The van der Waals surface area contributed by atoms with E-state index in [1.165, 1.54) is 0 Å². The number of nitrogens with one attached hydrogen (secondary N) is 2. The van der Waals surface area contributed by atoms with Crippen molar-refractivity contribution in [2.45, 2.75) is 32.9 Å². The minimum atomic E-state index is 0.121. The SMILES string of the molecule is CC(C)(C)NCc1cnc(-c2cncs2)[nH]1. The maximum Gasteiger partial charge on any atom is 0.149 e. The van der Waals surface area contributed by atoms with Gasteiger partial charge in [-0.3, -0.25) is 4.98 Å². The highest BCUT2D eigenvalue weighted by Gasteiger charge is 2.10. The molecule has 0 aliphatic heterocycles. The summed E-state index contributed by atoms with van der Waals surface area (Å²) in [5.41, 5.74) is 3.03. The smallest absolute Gasteiger partial charge is 0.149 e. The van der Waals surface area contributed by atoms with Crippen LogP contribution in [0.25, 0.3) is 10.7 Å². The zero-order valence-corrected chi connectivity index (χ0v) is 10.6. The second-order valence-electron chi connectivity index (χ2n) is 4.73. The maximum absolute atomic E-state index is 4.33. The average Bonchev–Trinajstić information content (AvgIpc) is 2.84. The summed E-state index contributed by atoms with van der Waals surface area (Å²) >= 11 is 1.59. The van der Waals surface area contributed by atoms with Crippen LogP contribution in [0.4, 0.5) is 0 Å². The van der Waals surface area contributed by atoms with Crippen molar-refractivity contribution < 1.29 is 0 Å². The van der Waals surface area contributed by atoms with E-state index >= 15 is 0 Å². The lowest BCUT2D eigenvalue weighted by Crippen LogP contribution is -2.35. The molecule has 5 heteroatoms. The molecule has 16 heavy (non-hydrogen) atoms. The van der Waals surface area contributed by atoms with E-state index in [0.717, 1.165) is 22.9 Å². The van der Waals surface area contributed by atoms with E-state index in [0.29, 0.717) is 0 Å². The Morgan fingerprint density at radius 1 is 1.38 bits per heavy atom. The molecule has 0 radical (unpaired) electrons. The number of hydrogen-bond donors (Lipinski definition) is 2. The number of rotatable bonds is 3. The number of aromatic amines is 1. The zero-order valence-electron chi connectivity index (χ0n) is 9.74. The van der Waals surface area contributed by atoms with Crippen LogP contribution in [0.1, 0.15) is 26.5 Å². The average molecular weight is 236 g/mol. The number of imidazole rings is 1. The fourth-order valence-electron chi connectivity index (χ4n) is 1.27. The molecule has 2 aromatic heterocycles. The highest BCUT2D eigenvalue weighted by molar-refractivity contribution is 7.13.